The third-order valence-electron chi connectivity index (χ3n) is 2.89. The largest absolute Gasteiger partial charge is 0.399 e. The quantitative estimate of drug-likeness (QED) is 0.648. The number of carbonyl (C=O) groups excluding carboxylic acids is 1. The van der Waals surface area contributed by atoms with Crippen LogP contribution in [0.15, 0.2) is 79.0 Å². The molecule has 0 unspecified atom stereocenters. The smallest absolute Gasteiger partial charge is 0.250 e. The van der Waals surface area contributed by atoms with Crippen LogP contribution in [0.1, 0.15) is 10.4 Å². The zero-order chi connectivity index (χ0) is 16.5. The number of hydrogen-bond acceptors (Lipinski definition) is 4. The maximum Gasteiger partial charge on any atom is 0.250 e. The van der Waals surface area contributed by atoms with E-state index < -0.39 is 5.91 Å². The zero-order valence-electron chi connectivity index (χ0n) is 12.5. The molecule has 5 nitrogen and oxygen atoms in total. The summed E-state index contributed by atoms with van der Waals surface area (Å²) in [6.45, 7) is 0. The molecule has 3 rings (SSSR count). The molecule has 0 saturated carbocycles. The minimum absolute atomic E-state index is 0.401. The van der Waals surface area contributed by atoms with Crippen molar-refractivity contribution in [1.29, 1.82) is 0 Å². The van der Waals surface area contributed by atoms with Crippen LogP contribution in [-0.2, 0) is 0 Å². The molecule has 0 aliphatic heterocycles. The maximum atomic E-state index is 10.8. The standard InChI is InChI=1S/C12H11N3O.C6H7N/c13-12(16)9-6-7-11(14-8-9)15-10-4-2-1-3-5-10;7-6-4-2-1-3-5-6/h1-8H,(H2,13,16)(H,14,15);1-5H,7H2. The summed E-state index contributed by atoms with van der Waals surface area (Å²) < 4.78 is 0. The lowest BCUT2D eigenvalue weighted by atomic mass is 10.2. The predicted molar refractivity (Wildman–Crippen MR) is 93.3 cm³/mol. The Labute approximate surface area is 135 Å². The van der Waals surface area contributed by atoms with E-state index in [2.05, 4.69) is 10.3 Å². The Morgan fingerprint density at radius 1 is 0.870 bits per heavy atom. The Hall–Kier alpha value is -3.34. The number of aromatic nitrogens is 1. The molecule has 0 aliphatic carbocycles. The monoisotopic (exact) mass is 306 g/mol. The molecule has 116 valence electrons. The number of amides is 1. The van der Waals surface area contributed by atoms with E-state index in [1.165, 1.54) is 6.20 Å². The van der Waals surface area contributed by atoms with Crippen LogP contribution in [0.3, 0.4) is 0 Å². The average Bonchev–Trinajstić information content (AvgIpc) is 2.57. The van der Waals surface area contributed by atoms with Crippen LogP contribution in [0.25, 0.3) is 0 Å². The highest BCUT2D eigenvalue weighted by Gasteiger charge is 2.00. The van der Waals surface area contributed by atoms with Gasteiger partial charge in [0.15, 0.2) is 0 Å². The molecule has 1 amide bonds. The van der Waals surface area contributed by atoms with Gasteiger partial charge in [0.1, 0.15) is 5.82 Å². The lowest BCUT2D eigenvalue weighted by Gasteiger charge is -2.04. The molecule has 3 aromatic rings. The Bertz CT molecular complexity index is 728. The van der Waals surface area contributed by atoms with Gasteiger partial charge in [-0.05, 0) is 36.4 Å². The van der Waals surface area contributed by atoms with Crippen molar-refractivity contribution < 1.29 is 4.79 Å². The molecule has 0 bridgehead atoms. The number of nitrogens with zero attached hydrogens (tertiary/aromatic N) is 1. The van der Waals surface area contributed by atoms with Gasteiger partial charge in [0.2, 0.25) is 5.91 Å². The van der Waals surface area contributed by atoms with E-state index in [0.29, 0.717) is 11.4 Å². The van der Waals surface area contributed by atoms with Crippen molar-refractivity contribution in [2.75, 3.05) is 11.1 Å². The molecule has 23 heavy (non-hydrogen) atoms. The van der Waals surface area contributed by atoms with Gasteiger partial charge in [0.25, 0.3) is 0 Å². The Morgan fingerprint density at radius 2 is 1.48 bits per heavy atom. The van der Waals surface area contributed by atoms with Gasteiger partial charge < -0.3 is 16.8 Å². The first-order valence-electron chi connectivity index (χ1n) is 7.03. The van der Waals surface area contributed by atoms with E-state index in [1.807, 2.05) is 60.7 Å². The fourth-order valence-electron chi connectivity index (χ4n) is 1.74. The van der Waals surface area contributed by atoms with Gasteiger partial charge in [-0.15, -0.1) is 0 Å². The Morgan fingerprint density at radius 3 is 1.91 bits per heavy atom. The summed E-state index contributed by atoms with van der Waals surface area (Å²) in [7, 11) is 0. The van der Waals surface area contributed by atoms with Gasteiger partial charge >= 0.3 is 0 Å². The van der Waals surface area contributed by atoms with Crippen LogP contribution in [0.2, 0.25) is 0 Å². The molecule has 0 radical (unpaired) electrons. The van der Waals surface area contributed by atoms with E-state index in [-0.39, 0.29) is 0 Å². The van der Waals surface area contributed by atoms with Gasteiger partial charge in [-0.3, -0.25) is 4.79 Å². The number of para-hydroxylation sites is 2. The van der Waals surface area contributed by atoms with Crippen LogP contribution < -0.4 is 16.8 Å². The van der Waals surface area contributed by atoms with Crippen LogP contribution in [0.4, 0.5) is 17.2 Å². The Balaban J connectivity index is 0.000000229. The second-order valence-corrected chi connectivity index (χ2v) is 4.70. The predicted octanol–water partition coefficient (Wildman–Crippen LogP) is 3.19. The summed E-state index contributed by atoms with van der Waals surface area (Å²) in [5, 5.41) is 3.11. The second kappa shape index (κ2) is 8.19. The van der Waals surface area contributed by atoms with Gasteiger partial charge in [-0.2, -0.15) is 0 Å². The third kappa shape index (κ3) is 5.51. The third-order valence-corrected chi connectivity index (χ3v) is 2.89. The summed E-state index contributed by atoms with van der Waals surface area (Å²) in [6, 6.07) is 22.5. The first-order chi connectivity index (χ1) is 11.1. The van der Waals surface area contributed by atoms with Crippen LogP contribution in [-0.4, -0.2) is 10.9 Å². The van der Waals surface area contributed by atoms with Crippen molar-refractivity contribution in [1.82, 2.24) is 4.98 Å². The first-order valence-corrected chi connectivity index (χ1v) is 7.03. The van der Waals surface area contributed by atoms with Crippen molar-refractivity contribution >= 4 is 23.1 Å². The summed E-state index contributed by atoms with van der Waals surface area (Å²) in [5.74, 6) is 0.204. The maximum absolute atomic E-state index is 10.8. The van der Waals surface area contributed by atoms with Gasteiger partial charge in [-0.25, -0.2) is 4.98 Å². The zero-order valence-corrected chi connectivity index (χ0v) is 12.5. The van der Waals surface area contributed by atoms with E-state index in [0.717, 1.165) is 11.4 Å². The normalized spacial score (nSPS) is 9.39. The lowest BCUT2D eigenvalue weighted by Crippen LogP contribution is -2.11. The summed E-state index contributed by atoms with van der Waals surface area (Å²) in [6.07, 6.45) is 1.45. The fraction of sp³-hybridized carbons (Fsp3) is 0. The van der Waals surface area contributed by atoms with E-state index >= 15 is 0 Å². The fourth-order valence-corrected chi connectivity index (χ4v) is 1.74. The molecule has 5 heteroatoms. The van der Waals surface area contributed by atoms with Crippen LogP contribution >= 0.6 is 0 Å². The molecule has 0 saturated heterocycles. The first kappa shape index (κ1) is 16.0. The van der Waals surface area contributed by atoms with Crippen molar-refractivity contribution in [2.24, 2.45) is 5.73 Å². The topological polar surface area (TPSA) is 94.0 Å². The minimum atomic E-state index is -0.473. The molecular formula is C18H18N4O. The van der Waals surface area contributed by atoms with Crippen molar-refractivity contribution in [2.45, 2.75) is 0 Å². The molecule has 0 fully saturated rings. The van der Waals surface area contributed by atoms with Crippen molar-refractivity contribution in [3.05, 3.63) is 84.6 Å². The molecular weight excluding hydrogens is 288 g/mol. The molecule has 0 atom stereocenters. The SMILES string of the molecule is NC(=O)c1ccc(Nc2ccccc2)nc1.Nc1ccccc1. The number of benzene rings is 2. The van der Waals surface area contributed by atoms with Crippen molar-refractivity contribution in [3.8, 4) is 0 Å². The van der Waals surface area contributed by atoms with Gasteiger partial charge in [-0.1, -0.05) is 36.4 Å². The number of pyridine rings is 1. The Kier molecular flexibility index (Phi) is 5.71. The molecule has 1 aromatic heterocycles. The molecule has 5 N–H and O–H groups in total. The highest BCUT2D eigenvalue weighted by atomic mass is 16.1. The summed E-state index contributed by atoms with van der Waals surface area (Å²) in [4.78, 5) is 14.9. The van der Waals surface area contributed by atoms with E-state index in [4.69, 9.17) is 11.5 Å². The number of rotatable bonds is 3. The van der Waals surface area contributed by atoms with E-state index in [1.54, 1.807) is 12.1 Å². The van der Waals surface area contributed by atoms with Crippen molar-refractivity contribution in [3.63, 3.8) is 0 Å². The van der Waals surface area contributed by atoms with Gasteiger partial charge in [0, 0.05) is 17.6 Å². The molecule has 1 heterocycles. The van der Waals surface area contributed by atoms with E-state index in [9.17, 15) is 4.79 Å². The van der Waals surface area contributed by atoms with Gasteiger partial charge in [0.05, 0.1) is 5.56 Å². The molecule has 0 aliphatic rings. The van der Waals surface area contributed by atoms with Crippen LogP contribution in [0, 0.1) is 0 Å². The number of hydrogen-bond donors (Lipinski definition) is 3. The highest BCUT2D eigenvalue weighted by molar-refractivity contribution is 5.92. The number of nitrogens with one attached hydrogen (secondary N) is 1. The molecule has 2 aromatic carbocycles. The number of nitrogens with two attached hydrogens (primary N) is 2. The minimum Gasteiger partial charge on any atom is -0.399 e. The second-order valence-electron chi connectivity index (χ2n) is 4.70. The summed E-state index contributed by atoms with van der Waals surface area (Å²) >= 11 is 0. The van der Waals surface area contributed by atoms with Crippen LogP contribution in [0.5, 0.6) is 0 Å². The number of nitrogen functional groups attached to an aromatic ring is 1. The number of anilines is 3. The molecule has 0 spiro atoms. The summed E-state index contributed by atoms with van der Waals surface area (Å²) in [5.41, 5.74) is 12.6. The highest BCUT2D eigenvalue weighted by Crippen LogP contribution is 2.13. The number of carbonyl (C=O) groups is 1. The lowest BCUT2D eigenvalue weighted by molar-refractivity contribution is 0.1000. The average molecular weight is 306 g/mol. The number of primary amides is 1.